The summed E-state index contributed by atoms with van der Waals surface area (Å²) in [5.41, 5.74) is 0.804. The molecule has 2 aromatic rings. The van der Waals surface area contributed by atoms with Gasteiger partial charge in [-0.2, -0.15) is 0 Å². The number of hydrogen-bond donors (Lipinski definition) is 1. The SMILES string of the molecule is Cc1ccc(-c2nc(C(C)CO)co2)s1. The molecule has 2 heterocycles. The van der Waals surface area contributed by atoms with E-state index in [2.05, 4.69) is 4.98 Å². The number of nitrogens with zero attached hydrogens (tertiary/aromatic N) is 1. The minimum absolute atomic E-state index is 0.0311. The quantitative estimate of drug-likeness (QED) is 0.870. The molecule has 0 aliphatic carbocycles. The molecule has 0 saturated heterocycles. The van der Waals surface area contributed by atoms with Gasteiger partial charge in [-0.15, -0.1) is 11.3 Å². The Morgan fingerprint density at radius 1 is 1.53 bits per heavy atom. The van der Waals surface area contributed by atoms with E-state index in [1.165, 1.54) is 4.88 Å². The second-order valence-electron chi connectivity index (χ2n) is 3.57. The average molecular weight is 223 g/mol. The summed E-state index contributed by atoms with van der Waals surface area (Å²) in [4.78, 5) is 6.62. The summed E-state index contributed by atoms with van der Waals surface area (Å²) >= 11 is 1.65. The number of aryl methyl sites for hydroxylation is 1. The first-order valence-corrected chi connectivity index (χ1v) is 5.65. The monoisotopic (exact) mass is 223 g/mol. The van der Waals surface area contributed by atoms with E-state index in [1.54, 1.807) is 17.6 Å². The van der Waals surface area contributed by atoms with Gasteiger partial charge in [0.05, 0.1) is 17.2 Å². The van der Waals surface area contributed by atoms with E-state index < -0.39 is 0 Å². The fourth-order valence-corrected chi connectivity index (χ4v) is 2.07. The van der Waals surface area contributed by atoms with E-state index in [1.807, 2.05) is 26.0 Å². The molecule has 0 radical (unpaired) electrons. The molecule has 4 heteroatoms. The summed E-state index contributed by atoms with van der Waals surface area (Å²) in [5.74, 6) is 0.673. The van der Waals surface area contributed by atoms with Gasteiger partial charge in [0.25, 0.3) is 0 Å². The van der Waals surface area contributed by atoms with Crippen LogP contribution in [0.15, 0.2) is 22.8 Å². The van der Waals surface area contributed by atoms with Gasteiger partial charge in [-0.25, -0.2) is 4.98 Å². The van der Waals surface area contributed by atoms with Crippen molar-refractivity contribution in [2.75, 3.05) is 6.61 Å². The predicted molar refractivity (Wildman–Crippen MR) is 60.1 cm³/mol. The van der Waals surface area contributed by atoms with Crippen molar-refractivity contribution >= 4 is 11.3 Å². The third-order valence-electron chi connectivity index (χ3n) is 2.25. The fourth-order valence-electron chi connectivity index (χ4n) is 1.27. The van der Waals surface area contributed by atoms with Crippen LogP contribution in [0.1, 0.15) is 23.4 Å². The molecule has 15 heavy (non-hydrogen) atoms. The van der Waals surface area contributed by atoms with Gasteiger partial charge >= 0.3 is 0 Å². The highest BCUT2D eigenvalue weighted by molar-refractivity contribution is 7.15. The molecule has 0 aliphatic rings. The lowest BCUT2D eigenvalue weighted by atomic mass is 10.1. The molecule has 2 rings (SSSR count). The molecule has 0 saturated carbocycles. The maximum atomic E-state index is 8.99. The van der Waals surface area contributed by atoms with Crippen LogP contribution >= 0.6 is 11.3 Å². The van der Waals surface area contributed by atoms with Crippen molar-refractivity contribution < 1.29 is 9.52 Å². The first-order valence-electron chi connectivity index (χ1n) is 4.84. The van der Waals surface area contributed by atoms with Gasteiger partial charge in [0.15, 0.2) is 0 Å². The zero-order valence-electron chi connectivity index (χ0n) is 8.73. The van der Waals surface area contributed by atoms with Crippen LogP contribution in [-0.4, -0.2) is 16.7 Å². The van der Waals surface area contributed by atoms with Crippen LogP contribution in [0.5, 0.6) is 0 Å². The van der Waals surface area contributed by atoms with Crippen molar-refractivity contribution in [3.05, 3.63) is 29.0 Å². The molecule has 1 unspecified atom stereocenters. The summed E-state index contributed by atoms with van der Waals surface area (Å²) in [7, 11) is 0. The Morgan fingerprint density at radius 3 is 2.93 bits per heavy atom. The molecule has 1 N–H and O–H groups in total. The second kappa shape index (κ2) is 4.16. The van der Waals surface area contributed by atoms with E-state index in [0.29, 0.717) is 5.89 Å². The Hall–Kier alpha value is -1.13. The predicted octanol–water partition coefficient (Wildman–Crippen LogP) is 2.81. The first kappa shape index (κ1) is 10.4. The van der Waals surface area contributed by atoms with Gasteiger partial charge in [0.2, 0.25) is 5.89 Å². The first-order chi connectivity index (χ1) is 7.20. The van der Waals surface area contributed by atoms with Crippen molar-refractivity contribution in [1.82, 2.24) is 4.98 Å². The van der Waals surface area contributed by atoms with Gasteiger partial charge in [-0.05, 0) is 19.1 Å². The highest BCUT2D eigenvalue weighted by Crippen LogP contribution is 2.28. The van der Waals surface area contributed by atoms with E-state index >= 15 is 0 Å². The topological polar surface area (TPSA) is 46.3 Å². The molecule has 0 fully saturated rings. The van der Waals surface area contributed by atoms with Crippen molar-refractivity contribution in [3.63, 3.8) is 0 Å². The van der Waals surface area contributed by atoms with E-state index in [9.17, 15) is 0 Å². The normalized spacial score (nSPS) is 13.0. The zero-order valence-corrected chi connectivity index (χ0v) is 9.54. The summed E-state index contributed by atoms with van der Waals surface area (Å²) in [6.07, 6.45) is 1.62. The Labute approximate surface area is 92.4 Å². The van der Waals surface area contributed by atoms with Crippen LogP contribution in [0.3, 0.4) is 0 Å². The van der Waals surface area contributed by atoms with Crippen LogP contribution in [0.2, 0.25) is 0 Å². The molecule has 0 bridgehead atoms. The number of rotatable bonds is 3. The lowest BCUT2D eigenvalue weighted by molar-refractivity contribution is 0.271. The van der Waals surface area contributed by atoms with Crippen molar-refractivity contribution in [3.8, 4) is 10.8 Å². The van der Waals surface area contributed by atoms with Gasteiger partial charge < -0.3 is 9.52 Å². The van der Waals surface area contributed by atoms with Crippen LogP contribution in [0.4, 0.5) is 0 Å². The Bertz CT molecular complexity index is 447. The molecule has 80 valence electrons. The molecule has 0 spiro atoms. The molecule has 0 aliphatic heterocycles. The third kappa shape index (κ3) is 2.11. The van der Waals surface area contributed by atoms with Gasteiger partial charge in [-0.3, -0.25) is 0 Å². The lowest BCUT2D eigenvalue weighted by Crippen LogP contribution is -1.98. The molecule has 3 nitrogen and oxygen atoms in total. The number of thiophene rings is 1. The highest BCUT2D eigenvalue weighted by atomic mass is 32.1. The zero-order chi connectivity index (χ0) is 10.8. The van der Waals surface area contributed by atoms with Gasteiger partial charge in [-0.1, -0.05) is 6.92 Å². The number of hydrogen-bond acceptors (Lipinski definition) is 4. The molecule has 1 atom stereocenters. The third-order valence-corrected chi connectivity index (χ3v) is 3.24. The van der Waals surface area contributed by atoms with E-state index in [-0.39, 0.29) is 12.5 Å². The Morgan fingerprint density at radius 2 is 2.33 bits per heavy atom. The molecular weight excluding hydrogens is 210 g/mol. The maximum Gasteiger partial charge on any atom is 0.236 e. The molecule has 0 aromatic carbocycles. The van der Waals surface area contributed by atoms with Gasteiger partial charge in [0.1, 0.15) is 6.26 Å². The summed E-state index contributed by atoms with van der Waals surface area (Å²) in [6.45, 7) is 4.06. The number of aliphatic hydroxyl groups excluding tert-OH is 1. The van der Waals surface area contributed by atoms with Crippen molar-refractivity contribution in [2.24, 2.45) is 0 Å². The van der Waals surface area contributed by atoms with Crippen molar-refractivity contribution in [2.45, 2.75) is 19.8 Å². The standard InChI is InChI=1S/C11H13NO2S/c1-7(5-13)9-6-14-11(12-9)10-4-3-8(2)15-10/h3-4,6-7,13H,5H2,1-2H3. The Balaban J connectivity index is 2.27. The minimum atomic E-state index is 0.0311. The minimum Gasteiger partial charge on any atom is -0.444 e. The molecule has 0 amide bonds. The average Bonchev–Trinajstić information content (AvgIpc) is 2.84. The summed E-state index contributed by atoms with van der Waals surface area (Å²) in [5, 5.41) is 8.99. The summed E-state index contributed by atoms with van der Waals surface area (Å²) in [6, 6.07) is 4.04. The fraction of sp³-hybridized carbons (Fsp3) is 0.364. The van der Waals surface area contributed by atoms with Crippen LogP contribution in [0.25, 0.3) is 10.8 Å². The highest BCUT2D eigenvalue weighted by Gasteiger charge is 2.12. The van der Waals surface area contributed by atoms with Crippen LogP contribution in [0, 0.1) is 6.92 Å². The van der Waals surface area contributed by atoms with Crippen LogP contribution < -0.4 is 0 Å². The Kier molecular flexibility index (Phi) is 2.88. The molecular formula is C11H13NO2S. The van der Waals surface area contributed by atoms with Crippen molar-refractivity contribution in [1.29, 1.82) is 0 Å². The van der Waals surface area contributed by atoms with E-state index in [0.717, 1.165) is 10.6 Å². The maximum absolute atomic E-state index is 8.99. The smallest absolute Gasteiger partial charge is 0.236 e. The van der Waals surface area contributed by atoms with Gasteiger partial charge in [0, 0.05) is 10.8 Å². The number of aromatic nitrogens is 1. The second-order valence-corrected chi connectivity index (χ2v) is 4.86. The number of aliphatic hydroxyl groups is 1. The largest absolute Gasteiger partial charge is 0.444 e. The molecule has 2 aromatic heterocycles. The van der Waals surface area contributed by atoms with Crippen LogP contribution in [-0.2, 0) is 0 Å². The van der Waals surface area contributed by atoms with E-state index in [4.69, 9.17) is 9.52 Å². The number of oxazole rings is 1. The summed E-state index contributed by atoms with van der Waals surface area (Å²) < 4.78 is 5.38. The lowest BCUT2D eigenvalue weighted by Gasteiger charge is -1.99.